The number of nitrogens with one attached hydrogen (secondary N) is 1. The van der Waals surface area contributed by atoms with Gasteiger partial charge in [0.05, 0.1) is 18.7 Å². The molecule has 1 atom stereocenters. The van der Waals surface area contributed by atoms with Gasteiger partial charge in [0.1, 0.15) is 29.1 Å². The largest absolute Gasteiger partial charge is 0.457 e. The standard InChI is InChI=1S/C26H22FN3O5/c1-16-13-23(30-35-16)26(33)29-24(15-31)25(32)14-19-3-2-4-22(28-19)17-5-9-20(10-6-17)34-21-11-7-18(27)8-12-21/h2-13,24,31H,14-15H2,1H3,(H,29,33)/t24-/m0/s1. The number of rotatable bonds is 9. The highest BCUT2D eigenvalue weighted by atomic mass is 19.1. The lowest BCUT2D eigenvalue weighted by atomic mass is 10.1. The molecule has 0 saturated heterocycles. The van der Waals surface area contributed by atoms with Gasteiger partial charge in [0, 0.05) is 17.3 Å². The van der Waals surface area contributed by atoms with Crippen LogP contribution in [0.1, 0.15) is 21.9 Å². The fourth-order valence-electron chi connectivity index (χ4n) is 3.31. The number of aliphatic hydroxyl groups is 1. The Labute approximate surface area is 200 Å². The third-order valence-corrected chi connectivity index (χ3v) is 5.10. The molecule has 0 radical (unpaired) electrons. The van der Waals surface area contributed by atoms with Crippen LogP contribution in [0.5, 0.6) is 11.5 Å². The van der Waals surface area contributed by atoms with Crippen LogP contribution < -0.4 is 10.1 Å². The summed E-state index contributed by atoms with van der Waals surface area (Å²) in [5, 5.41) is 15.7. The number of aliphatic hydroxyl groups excluding tert-OH is 1. The molecule has 178 valence electrons. The summed E-state index contributed by atoms with van der Waals surface area (Å²) in [6.07, 6.45) is -0.0804. The summed E-state index contributed by atoms with van der Waals surface area (Å²) < 4.78 is 23.6. The second-order valence-electron chi connectivity index (χ2n) is 7.77. The zero-order valence-electron chi connectivity index (χ0n) is 18.8. The summed E-state index contributed by atoms with van der Waals surface area (Å²) in [5.74, 6) is 0.207. The Bertz CT molecular complexity index is 1320. The smallest absolute Gasteiger partial charge is 0.274 e. The third kappa shape index (κ3) is 6.15. The first-order valence-corrected chi connectivity index (χ1v) is 10.8. The Kier molecular flexibility index (Phi) is 7.27. The molecule has 2 heterocycles. The fourth-order valence-corrected chi connectivity index (χ4v) is 3.31. The predicted molar refractivity (Wildman–Crippen MR) is 124 cm³/mol. The van der Waals surface area contributed by atoms with Crippen molar-refractivity contribution in [3.63, 3.8) is 0 Å². The first kappa shape index (κ1) is 23.8. The van der Waals surface area contributed by atoms with Crippen LogP contribution >= 0.6 is 0 Å². The van der Waals surface area contributed by atoms with Crippen LogP contribution in [0, 0.1) is 12.7 Å². The van der Waals surface area contributed by atoms with E-state index in [4.69, 9.17) is 9.26 Å². The molecule has 0 spiro atoms. The van der Waals surface area contributed by atoms with Gasteiger partial charge >= 0.3 is 0 Å². The number of aromatic nitrogens is 2. The minimum atomic E-state index is -1.10. The second-order valence-corrected chi connectivity index (χ2v) is 7.77. The van der Waals surface area contributed by atoms with Gasteiger partial charge in [0.25, 0.3) is 5.91 Å². The van der Waals surface area contributed by atoms with Crippen molar-refractivity contribution in [1.82, 2.24) is 15.5 Å². The number of nitrogens with zero attached hydrogens (tertiary/aromatic N) is 2. The van der Waals surface area contributed by atoms with Gasteiger partial charge in [0.2, 0.25) is 0 Å². The number of Topliss-reactive ketones (excluding diaryl/α,β-unsaturated/α-hetero) is 1. The van der Waals surface area contributed by atoms with Crippen molar-refractivity contribution < 1.29 is 28.3 Å². The number of pyridine rings is 1. The van der Waals surface area contributed by atoms with E-state index in [0.717, 1.165) is 5.56 Å². The van der Waals surface area contributed by atoms with Crippen molar-refractivity contribution >= 4 is 11.7 Å². The minimum Gasteiger partial charge on any atom is -0.457 e. The molecule has 4 rings (SSSR count). The van der Waals surface area contributed by atoms with E-state index in [1.165, 1.54) is 18.2 Å². The molecule has 4 aromatic rings. The predicted octanol–water partition coefficient (Wildman–Crippen LogP) is 3.88. The van der Waals surface area contributed by atoms with Crippen molar-refractivity contribution in [3.05, 3.63) is 95.8 Å². The number of ether oxygens (including phenoxy) is 1. The number of hydrogen-bond acceptors (Lipinski definition) is 7. The van der Waals surface area contributed by atoms with E-state index < -0.39 is 24.3 Å². The number of halogens is 1. The molecule has 0 saturated carbocycles. The molecule has 2 aromatic heterocycles. The normalized spacial score (nSPS) is 11.6. The molecule has 9 heteroatoms. The summed E-state index contributed by atoms with van der Waals surface area (Å²) in [6, 6.07) is 18.5. The van der Waals surface area contributed by atoms with Crippen LogP contribution in [0.4, 0.5) is 4.39 Å². The molecule has 0 unspecified atom stereocenters. The van der Waals surface area contributed by atoms with Crippen molar-refractivity contribution in [2.24, 2.45) is 0 Å². The van der Waals surface area contributed by atoms with Gasteiger partial charge in [-0.3, -0.25) is 14.6 Å². The SMILES string of the molecule is Cc1cc(C(=O)N[C@@H](CO)C(=O)Cc2cccc(-c3ccc(Oc4ccc(F)cc4)cc3)n2)no1. The van der Waals surface area contributed by atoms with Crippen LogP contribution in [0.2, 0.25) is 0 Å². The van der Waals surface area contributed by atoms with E-state index in [0.29, 0.717) is 28.6 Å². The van der Waals surface area contributed by atoms with Crippen LogP contribution in [-0.2, 0) is 11.2 Å². The summed E-state index contributed by atoms with van der Waals surface area (Å²) in [5.41, 5.74) is 1.97. The molecule has 0 aliphatic heterocycles. The van der Waals surface area contributed by atoms with Crippen molar-refractivity contribution in [2.45, 2.75) is 19.4 Å². The molecular weight excluding hydrogens is 453 g/mol. The molecular formula is C26H22FN3O5. The van der Waals surface area contributed by atoms with Gasteiger partial charge in [-0.05, 0) is 67.6 Å². The van der Waals surface area contributed by atoms with E-state index in [1.807, 2.05) is 18.2 Å². The number of carbonyl (C=O) groups is 2. The van der Waals surface area contributed by atoms with Gasteiger partial charge < -0.3 is 19.7 Å². The van der Waals surface area contributed by atoms with Gasteiger partial charge in [-0.1, -0.05) is 11.2 Å². The highest BCUT2D eigenvalue weighted by Gasteiger charge is 2.23. The maximum Gasteiger partial charge on any atom is 0.274 e. The number of carbonyl (C=O) groups excluding carboxylic acids is 2. The van der Waals surface area contributed by atoms with E-state index in [2.05, 4.69) is 15.5 Å². The molecule has 0 bridgehead atoms. The summed E-state index contributed by atoms with van der Waals surface area (Å²) in [7, 11) is 0. The molecule has 35 heavy (non-hydrogen) atoms. The highest BCUT2D eigenvalue weighted by Crippen LogP contribution is 2.25. The minimum absolute atomic E-state index is 0.0285. The van der Waals surface area contributed by atoms with Gasteiger partial charge in [0.15, 0.2) is 11.5 Å². The Morgan fingerprint density at radius 2 is 1.74 bits per heavy atom. The molecule has 2 N–H and O–H groups in total. The van der Waals surface area contributed by atoms with Crippen molar-refractivity contribution in [1.29, 1.82) is 0 Å². The van der Waals surface area contributed by atoms with Crippen LogP contribution in [0.3, 0.4) is 0 Å². The lowest BCUT2D eigenvalue weighted by molar-refractivity contribution is -0.121. The molecule has 0 aliphatic carbocycles. The van der Waals surface area contributed by atoms with Gasteiger partial charge in [-0.15, -0.1) is 0 Å². The summed E-state index contributed by atoms with van der Waals surface area (Å²) >= 11 is 0. The molecule has 1 amide bonds. The fraction of sp³-hybridized carbons (Fsp3) is 0.154. The lowest BCUT2D eigenvalue weighted by Crippen LogP contribution is -2.44. The molecule has 0 aliphatic rings. The Hall–Kier alpha value is -4.37. The number of aryl methyl sites for hydroxylation is 1. The summed E-state index contributed by atoms with van der Waals surface area (Å²) in [6.45, 7) is 1.08. The van der Waals surface area contributed by atoms with Gasteiger partial charge in [-0.25, -0.2) is 4.39 Å². The maximum absolute atomic E-state index is 13.0. The summed E-state index contributed by atoms with van der Waals surface area (Å²) in [4.78, 5) is 29.5. The maximum atomic E-state index is 13.0. The number of hydrogen-bond donors (Lipinski definition) is 2. The average molecular weight is 475 g/mol. The first-order chi connectivity index (χ1) is 16.9. The van der Waals surface area contributed by atoms with Gasteiger partial charge in [-0.2, -0.15) is 0 Å². The second kappa shape index (κ2) is 10.7. The van der Waals surface area contributed by atoms with Crippen molar-refractivity contribution in [3.8, 4) is 22.8 Å². The Morgan fingerprint density at radius 3 is 2.37 bits per heavy atom. The zero-order valence-corrected chi connectivity index (χ0v) is 18.8. The van der Waals surface area contributed by atoms with E-state index in [9.17, 15) is 19.1 Å². The first-order valence-electron chi connectivity index (χ1n) is 10.8. The Morgan fingerprint density at radius 1 is 1.06 bits per heavy atom. The monoisotopic (exact) mass is 475 g/mol. The lowest BCUT2D eigenvalue weighted by Gasteiger charge is -2.14. The van der Waals surface area contributed by atoms with Crippen LogP contribution in [0.25, 0.3) is 11.3 Å². The molecule has 8 nitrogen and oxygen atoms in total. The zero-order chi connectivity index (χ0) is 24.8. The van der Waals surface area contributed by atoms with Crippen LogP contribution in [0.15, 0.2) is 77.3 Å². The number of benzene rings is 2. The van der Waals surface area contributed by atoms with Crippen molar-refractivity contribution in [2.75, 3.05) is 6.61 Å². The third-order valence-electron chi connectivity index (χ3n) is 5.10. The quantitative estimate of drug-likeness (QED) is 0.378. The van der Waals surface area contributed by atoms with E-state index in [-0.39, 0.29) is 17.9 Å². The van der Waals surface area contributed by atoms with Crippen LogP contribution in [-0.4, -0.2) is 39.6 Å². The number of amides is 1. The Balaban J connectivity index is 1.41. The molecule has 0 fully saturated rings. The van der Waals surface area contributed by atoms with E-state index >= 15 is 0 Å². The van der Waals surface area contributed by atoms with E-state index in [1.54, 1.807) is 43.3 Å². The molecule has 2 aromatic carbocycles. The highest BCUT2D eigenvalue weighted by molar-refractivity contribution is 5.97. The average Bonchev–Trinajstić information content (AvgIpc) is 3.31. The number of ketones is 1. The topological polar surface area (TPSA) is 115 Å².